The van der Waals surface area contributed by atoms with Crippen molar-refractivity contribution in [2.75, 3.05) is 5.75 Å². The van der Waals surface area contributed by atoms with Gasteiger partial charge in [0.05, 0.1) is 5.75 Å². The number of thioether (sulfide) groups is 1. The summed E-state index contributed by atoms with van der Waals surface area (Å²) >= 11 is 1.34. The van der Waals surface area contributed by atoms with Gasteiger partial charge in [0, 0.05) is 30.6 Å². The third-order valence-electron chi connectivity index (χ3n) is 5.71. The molecule has 1 aromatic heterocycles. The highest BCUT2D eigenvalue weighted by Gasteiger charge is 2.27. The van der Waals surface area contributed by atoms with Crippen molar-refractivity contribution in [3.63, 3.8) is 0 Å². The van der Waals surface area contributed by atoms with Crippen molar-refractivity contribution in [3.8, 4) is 5.69 Å². The van der Waals surface area contributed by atoms with Crippen molar-refractivity contribution >= 4 is 29.6 Å². The predicted molar refractivity (Wildman–Crippen MR) is 121 cm³/mol. The Morgan fingerprint density at radius 1 is 1.22 bits per heavy atom. The number of nitrogens with zero attached hydrogens (tertiary/aromatic N) is 3. The first-order chi connectivity index (χ1) is 15.5. The first-order valence-electron chi connectivity index (χ1n) is 11.0. The molecular weight excluding hydrogens is 428 g/mol. The minimum absolute atomic E-state index is 0.00143. The summed E-state index contributed by atoms with van der Waals surface area (Å²) in [6, 6.07) is 7.34. The highest BCUT2D eigenvalue weighted by molar-refractivity contribution is 7.99. The maximum absolute atomic E-state index is 12.5. The SMILES string of the molecule is Cc1cccc(-n2c(CC3CC(=O)NC(=O)N3)nnc2SCC(=O)NC2CCCCC2)c1. The number of amides is 4. The summed E-state index contributed by atoms with van der Waals surface area (Å²) in [5.41, 5.74) is 1.96. The predicted octanol–water partition coefficient (Wildman–Crippen LogP) is 2.26. The summed E-state index contributed by atoms with van der Waals surface area (Å²) in [6.45, 7) is 2.00. The van der Waals surface area contributed by atoms with E-state index in [4.69, 9.17) is 0 Å². The highest BCUT2D eigenvalue weighted by Crippen LogP contribution is 2.24. The smallest absolute Gasteiger partial charge is 0.321 e. The van der Waals surface area contributed by atoms with Gasteiger partial charge in [-0.15, -0.1) is 10.2 Å². The highest BCUT2D eigenvalue weighted by atomic mass is 32.2. The topological polar surface area (TPSA) is 118 Å². The third kappa shape index (κ3) is 5.67. The molecule has 1 atom stereocenters. The van der Waals surface area contributed by atoms with Crippen molar-refractivity contribution in [1.29, 1.82) is 0 Å². The van der Waals surface area contributed by atoms with Crippen molar-refractivity contribution in [2.45, 2.75) is 69.1 Å². The van der Waals surface area contributed by atoms with Crippen LogP contribution in [0.3, 0.4) is 0 Å². The van der Waals surface area contributed by atoms with Crippen LogP contribution in [0.4, 0.5) is 4.79 Å². The molecule has 0 radical (unpaired) electrons. The van der Waals surface area contributed by atoms with Gasteiger partial charge >= 0.3 is 6.03 Å². The zero-order valence-corrected chi connectivity index (χ0v) is 18.9. The molecule has 170 valence electrons. The lowest BCUT2D eigenvalue weighted by Crippen LogP contribution is -2.53. The van der Waals surface area contributed by atoms with E-state index in [9.17, 15) is 14.4 Å². The van der Waals surface area contributed by atoms with Crippen LogP contribution in [0.15, 0.2) is 29.4 Å². The number of hydrogen-bond acceptors (Lipinski definition) is 6. The van der Waals surface area contributed by atoms with Gasteiger partial charge in [-0.05, 0) is 37.5 Å². The van der Waals surface area contributed by atoms with Gasteiger partial charge in [0.25, 0.3) is 0 Å². The number of aryl methyl sites for hydroxylation is 1. The Kier molecular flexibility index (Phi) is 7.09. The standard InChI is InChI=1S/C22H28N6O3S/c1-14-6-5-9-17(10-14)28-18(11-16-12-19(29)25-21(31)24-16)26-27-22(28)32-13-20(30)23-15-7-3-2-4-8-15/h5-6,9-10,15-16H,2-4,7-8,11-13H2,1H3,(H,23,30)(H2,24,25,29,31). The zero-order chi connectivity index (χ0) is 22.5. The molecule has 2 fully saturated rings. The molecule has 0 bridgehead atoms. The average molecular weight is 457 g/mol. The van der Waals surface area contributed by atoms with Crippen molar-refractivity contribution in [1.82, 2.24) is 30.7 Å². The van der Waals surface area contributed by atoms with Gasteiger partial charge in [0.15, 0.2) is 5.16 Å². The van der Waals surface area contributed by atoms with E-state index in [1.54, 1.807) is 0 Å². The summed E-state index contributed by atoms with van der Waals surface area (Å²) in [6.07, 6.45) is 6.19. The van der Waals surface area contributed by atoms with Gasteiger partial charge in [-0.1, -0.05) is 43.2 Å². The summed E-state index contributed by atoms with van der Waals surface area (Å²) in [5, 5.41) is 17.4. The van der Waals surface area contributed by atoms with Gasteiger partial charge in [-0.2, -0.15) is 0 Å². The molecule has 0 spiro atoms. The van der Waals surface area contributed by atoms with Crippen LogP contribution in [0.1, 0.15) is 49.9 Å². The number of urea groups is 1. The lowest BCUT2D eigenvalue weighted by molar-refractivity contribution is -0.121. The minimum Gasteiger partial charge on any atom is -0.353 e. The molecule has 1 aliphatic carbocycles. The lowest BCUT2D eigenvalue weighted by Gasteiger charge is -2.23. The fourth-order valence-electron chi connectivity index (χ4n) is 4.22. The normalized spacial score (nSPS) is 19.3. The van der Waals surface area contributed by atoms with E-state index < -0.39 is 6.03 Å². The van der Waals surface area contributed by atoms with Crippen molar-refractivity contribution in [2.24, 2.45) is 0 Å². The van der Waals surface area contributed by atoms with Crippen molar-refractivity contribution in [3.05, 3.63) is 35.7 Å². The molecule has 1 aromatic carbocycles. The second kappa shape index (κ2) is 10.2. The van der Waals surface area contributed by atoms with E-state index in [1.165, 1.54) is 31.0 Å². The number of benzene rings is 1. The lowest BCUT2D eigenvalue weighted by atomic mass is 9.95. The first kappa shape index (κ1) is 22.3. The number of hydrogen-bond donors (Lipinski definition) is 3. The van der Waals surface area contributed by atoms with Crippen LogP contribution >= 0.6 is 11.8 Å². The van der Waals surface area contributed by atoms with E-state index in [1.807, 2.05) is 35.8 Å². The molecule has 2 aromatic rings. The minimum atomic E-state index is -0.498. The monoisotopic (exact) mass is 456 g/mol. The molecule has 1 aliphatic heterocycles. The molecule has 3 N–H and O–H groups in total. The number of carbonyl (C=O) groups excluding carboxylic acids is 3. The van der Waals surface area contributed by atoms with E-state index in [2.05, 4.69) is 26.1 Å². The van der Waals surface area contributed by atoms with Crippen molar-refractivity contribution < 1.29 is 14.4 Å². The Bertz CT molecular complexity index is 985. The van der Waals surface area contributed by atoms with Crippen LogP contribution in [-0.4, -0.2) is 50.4 Å². The molecule has 4 amide bonds. The molecule has 10 heteroatoms. The van der Waals surface area contributed by atoms with Crippen LogP contribution in [0.25, 0.3) is 5.69 Å². The second-order valence-electron chi connectivity index (χ2n) is 8.39. The van der Waals surface area contributed by atoms with Crippen LogP contribution in [0.2, 0.25) is 0 Å². The van der Waals surface area contributed by atoms with E-state index in [0.717, 1.165) is 24.1 Å². The fourth-order valence-corrected chi connectivity index (χ4v) is 5.00. The fraction of sp³-hybridized carbons (Fsp3) is 0.500. The number of rotatable bonds is 7. The van der Waals surface area contributed by atoms with E-state index in [0.29, 0.717) is 17.4 Å². The molecule has 2 heterocycles. The Hall–Kier alpha value is -2.88. The summed E-state index contributed by atoms with van der Waals surface area (Å²) < 4.78 is 1.91. The first-order valence-corrected chi connectivity index (χ1v) is 12.0. The molecule has 2 aliphatic rings. The Balaban J connectivity index is 1.50. The number of aromatic nitrogens is 3. The van der Waals surface area contributed by atoms with Crippen LogP contribution in [0, 0.1) is 6.92 Å². The number of imide groups is 1. The Labute approximate surface area is 191 Å². The number of nitrogens with one attached hydrogen (secondary N) is 3. The molecule has 9 nitrogen and oxygen atoms in total. The maximum atomic E-state index is 12.5. The molecule has 1 unspecified atom stereocenters. The molecule has 4 rings (SSSR count). The molecule has 1 saturated heterocycles. The van der Waals surface area contributed by atoms with Gasteiger partial charge in [0.1, 0.15) is 5.82 Å². The largest absolute Gasteiger partial charge is 0.353 e. The van der Waals surface area contributed by atoms with Gasteiger partial charge < -0.3 is 10.6 Å². The van der Waals surface area contributed by atoms with E-state index in [-0.39, 0.29) is 36.1 Å². The van der Waals surface area contributed by atoms with E-state index >= 15 is 0 Å². The summed E-state index contributed by atoms with van der Waals surface area (Å²) in [7, 11) is 0. The summed E-state index contributed by atoms with van der Waals surface area (Å²) in [4.78, 5) is 35.9. The third-order valence-corrected chi connectivity index (χ3v) is 6.64. The molecular formula is C22H28N6O3S. The maximum Gasteiger partial charge on any atom is 0.321 e. The Morgan fingerprint density at radius 2 is 2.03 bits per heavy atom. The van der Waals surface area contributed by atoms with Gasteiger partial charge in [-0.25, -0.2) is 4.79 Å². The van der Waals surface area contributed by atoms with Gasteiger partial charge in [-0.3, -0.25) is 19.5 Å². The van der Waals surface area contributed by atoms with Gasteiger partial charge in [0.2, 0.25) is 11.8 Å². The molecule has 1 saturated carbocycles. The summed E-state index contributed by atoms with van der Waals surface area (Å²) in [5.74, 6) is 0.571. The Morgan fingerprint density at radius 3 is 2.78 bits per heavy atom. The van der Waals surface area contributed by atoms with Crippen LogP contribution in [0.5, 0.6) is 0 Å². The zero-order valence-electron chi connectivity index (χ0n) is 18.1. The van der Waals surface area contributed by atoms with Crippen LogP contribution in [-0.2, 0) is 16.0 Å². The average Bonchev–Trinajstić information content (AvgIpc) is 3.14. The number of carbonyl (C=O) groups is 3. The van der Waals surface area contributed by atoms with Crippen LogP contribution < -0.4 is 16.0 Å². The quantitative estimate of drug-likeness (QED) is 0.550. The molecule has 32 heavy (non-hydrogen) atoms. The second-order valence-corrected chi connectivity index (χ2v) is 9.33.